The van der Waals surface area contributed by atoms with Crippen LogP contribution in [0.1, 0.15) is 13.3 Å². The van der Waals surface area contributed by atoms with Gasteiger partial charge in [0.1, 0.15) is 0 Å². The highest BCUT2D eigenvalue weighted by Crippen LogP contribution is 1.82. The van der Waals surface area contributed by atoms with Gasteiger partial charge in [0.2, 0.25) is 5.91 Å². The monoisotopic (exact) mass is 162 g/mol. The first-order valence-corrected chi connectivity index (χ1v) is 3.99. The van der Waals surface area contributed by atoms with Crippen LogP contribution in [-0.4, -0.2) is 24.2 Å². The molecule has 0 heterocycles. The molecule has 0 aliphatic rings. The van der Waals surface area contributed by atoms with Gasteiger partial charge in [-0.3, -0.25) is 4.79 Å². The Kier molecular flexibility index (Phi) is 5.43. The first kappa shape index (κ1) is 9.78. The standard InChI is InChI=1S/C6H14N2OS/c1-2-3-8-6(9)5(7)4-10/h5,10H,2-4,7H2,1H3,(H,8,9)/t5-/m0/s1. The van der Waals surface area contributed by atoms with Gasteiger partial charge in [0.05, 0.1) is 6.04 Å². The van der Waals surface area contributed by atoms with Crippen LogP contribution in [0.5, 0.6) is 0 Å². The maximum Gasteiger partial charge on any atom is 0.237 e. The summed E-state index contributed by atoms with van der Waals surface area (Å²) in [4.78, 5) is 10.8. The Hall–Kier alpha value is -0.220. The third-order valence-corrected chi connectivity index (χ3v) is 1.48. The minimum absolute atomic E-state index is 0.114. The van der Waals surface area contributed by atoms with E-state index in [2.05, 4.69) is 17.9 Å². The van der Waals surface area contributed by atoms with E-state index in [1.54, 1.807) is 0 Å². The van der Waals surface area contributed by atoms with Crippen LogP contribution < -0.4 is 11.1 Å². The quantitative estimate of drug-likeness (QED) is 0.500. The Morgan fingerprint density at radius 3 is 2.80 bits per heavy atom. The fourth-order valence-corrected chi connectivity index (χ4v) is 0.628. The van der Waals surface area contributed by atoms with Crippen LogP contribution >= 0.6 is 12.6 Å². The van der Waals surface area contributed by atoms with Crippen LogP contribution in [0, 0.1) is 0 Å². The molecule has 0 bridgehead atoms. The molecule has 0 saturated carbocycles. The summed E-state index contributed by atoms with van der Waals surface area (Å²) >= 11 is 3.89. The van der Waals surface area contributed by atoms with E-state index < -0.39 is 6.04 Å². The molecule has 0 aromatic heterocycles. The molecule has 0 radical (unpaired) electrons. The Labute approximate surface area is 66.8 Å². The summed E-state index contributed by atoms with van der Waals surface area (Å²) in [6, 6.07) is -0.463. The minimum Gasteiger partial charge on any atom is -0.355 e. The molecular formula is C6H14N2OS. The first-order chi connectivity index (χ1) is 4.72. The van der Waals surface area contributed by atoms with E-state index in [9.17, 15) is 4.79 Å². The number of carbonyl (C=O) groups is 1. The van der Waals surface area contributed by atoms with Crippen LogP contribution in [-0.2, 0) is 4.79 Å². The van der Waals surface area contributed by atoms with E-state index in [1.807, 2.05) is 6.92 Å². The van der Waals surface area contributed by atoms with Crippen molar-refractivity contribution in [3.05, 3.63) is 0 Å². The highest BCUT2D eigenvalue weighted by Gasteiger charge is 2.08. The summed E-state index contributed by atoms with van der Waals surface area (Å²) in [5, 5.41) is 2.67. The van der Waals surface area contributed by atoms with Crippen molar-refractivity contribution in [1.82, 2.24) is 5.32 Å². The van der Waals surface area contributed by atoms with Crippen LogP contribution in [0.25, 0.3) is 0 Å². The fraction of sp³-hybridized carbons (Fsp3) is 0.833. The van der Waals surface area contributed by atoms with Crippen molar-refractivity contribution in [2.24, 2.45) is 5.73 Å². The van der Waals surface area contributed by atoms with Gasteiger partial charge in [-0.05, 0) is 6.42 Å². The average Bonchev–Trinajstić information content (AvgIpc) is 1.98. The van der Waals surface area contributed by atoms with Crippen molar-refractivity contribution in [3.63, 3.8) is 0 Å². The lowest BCUT2D eigenvalue weighted by Gasteiger charge is -2.07. The number of nitrogens with two attached hydrogens (primary N) is 1. The van der Waals surface area contributed by atoms with Crippen molar-refractivity contribution in [2.45, 2.75) is 19.4 Å². The number of carbonyl (C=O) groups excluding carboxylic acids is 1. The second kappa shape index (κ2) is 5.56. The van der Waals surface area contributed by atoms with E-state index in [1.165, 1.54) is 0 Å². The Morgan fingerprint density at radius 1 is 1.80 bits per heavy atom. The molecule has 3 N–H and O–H groups in total. The van der Waals surface area contributed by atoms with Gasteiger partial charge < -0.3 is 11.1 Å². The van der Waals surface area contributed by atoms with E-state index in [4.69, 9.17) is 5.73 Å². The first-order valence-electron chi connectivity index (χ1n) is 3.36. The van der Waals surface area contributed by atoms with Crippen LogP contribution in [0.15, 0.2) is 0 Å². The Bertz CT molecular complexity index is 108. The largest absolute Gasteiger partial charge is 0.355 e. The molecule has 60 valence electrons. The number of hydrogen-bond donors (Lipinski definition) is 3. The summed E-state index contributed by atoms with van der Waals surface area (Å²) in [6.07, 6.45) is 0.936. The molecule has 0 fully saturated rings. The molecule has 3 nitrogen and oxygen atoms in total. The van der Waals surface area contributed by atoms with Gasteiger partial charge in [0.25, 0.3) is 0 Å². The summed E-state index contributed by atoms with van der Waals surface area (Å²) in [5.41, 5.74) is 5.37. The maximum atomic E-state index is 10.8. The molecule has 0 aromatic rings. The van der Waals surface area contributed by atoms with Gasteiger partial charge >= 0.3 is 0 Å². The summed E-state index contributed by atoms with van der Waals surface area (Å²) in [5.74, 6) is 0.284. The second-order valence-electron chi connectivity index (χ2n) is 2.08. The predicted octanol–water partition coefficient (Wildman–Crippen LogP) is -0.230. The minimum atomic E-state index is -0.463. The number of amides is 1. The zero-order valence-corrected chi connectivity index (χ0v) is 7.03. The zero-order valence-electron chi connectivity index (χ0n) is 6.13. The number of nitrogens with one attached hydrogen (secondary N) is 1. The SMILES string of the molecule is CCCNC(=O)[C@@H](N)CS. The molecule has 0 aliphatic heterocycles. The van der Waals surface area contributed by atoms with Gasteiger partial charge in [-0.1, -0.05) is 6.92 Å². The van der Waals surface area contributed by atoms with E-state index >= 15 is 0 Å². The zero-order chi connectivity index (χ0) is 7.98. The van der Waals surface area contributed by atoms with Crippen molar-refractivity contribution < 1.29 is 4.79 Å². The molecule has 0 aliphatic carbocycles. The summed E-state index contributed by atoms with van der Waals surface area (Å²) < 4.78 is 0. The second-order valence-corrected chi connectivity index (χ2v) is 2.45. The molecule has 0 aromatic carbocycles. The third kappa shape index (κ3) is 3.74. The molecular weight excluding hydrogens is 148 g/mol. The molecule has 1 atom stereocenters. The number of rotatable bonds is 4. The Balaban J connectivity index is 3.42. The highest BCUT2D eigenvalue weighted by molar-refractivity contribution is 7.80. The van der Waals surface area contributed by atoms with Gasteiger partial charge in [-0.15, -0.1) is 0 Å². The number of hydrogen-bond acceptors (Lipinski definition) is 3. The lowest BCUT2D eigenvalue weighted by Crippen LogP contribution is -2.42. The van der Waals surface area contributed by atoms with Gasteiger partial charge in [-0.2, -0.15) is 12.6 Å². The molecule has 0 spiro atoms. The maximum absolute atomic E-state index is 10.8. The summed E-state index contributed by atoms with van der Waals surface area (Å²) in [7, 11) is 0. The highest BCUT2D eigenvalue weighted by atomic mass is 32.1. The van der Waals surface area contributed by atoms with E-state index in [-0.39, 0.29) is 5.91 Å². The third-order valence-electron chi connectivity index (χ3n) is 1.08. The number of thiol groups is 1. The van der Waals surface area contributed by atoms with Crippen molar-refractivity contribution >= 4 is 18.5 Å². The molecule has 10 heavy (non-hydrogen) atoms. The van der Waals surface area contributed by atoms with E-state index in [0.29, 0.717) is 12.3 Å². The van der Waals surface area contributed by atoms with Crippen LogP contribution in [0.3, 0.4) is 0 Å². The van der Waals surface area contributed by atoms with Gasteiger partial charge in [-0.25, -0.2) is 0 Å². The predicted molar refractivity (Wildman–Crippen MR) is 45.1 cm³/mol. The molecule has 4 heteroatoms. The smallest absolute Gasteiger partial charge is 0.237 e. The molecule has 0 rings (SSSR count). The van der Waals surface area contributed by atoms with E-state index in [0.717, 1.165) is 6.42 Å². The van der Waals surface area contributed by atoms with Crippen LogP contribution in [0.2, 0.25) is 0 Å². The lowest BCUT2D eigenvalue weighted by atomic mass is 10.3. The van der Waals surface area contributed by atoms with Crippen LogP contribution in [0.4, 0.5) is 0 Å². The van der Waals surface area contributed by atoms with Gasteiger partial charge in [0, 0.05) is 12.3 Å². The van der Waals surface area contributed by atoms with Crippen molar-refractivity contribution in [2.75, 3.05) is 12.3 Å². The molecule has 0 saturated heterocycles. The fourth-order valence-electron chi connectivity index (χ4n) is 0.462. The lowest BCUT2D eigenvalue weighted by molar-refractivity contribution is -0.121. The van der Waals surface area contributed by atoms with Crippen molar-refractivity contribution in [3.8, 4) is 0 Å². The summed E-state index contributed by atoms with van der Waals surface area (Å²) in [6.45, 7) is 2.69. The van der Waals surface area contributed by atoms with Crippen molar-refractivity contribution in [1.29, 1.82) is 0 Å². The normalized spacial score (nSPS) is 12.7. The topological polar surface area (TPSA) is 55.1 Å². The average molecular weight is 162 g/mol. The molecule has 0 unspecified atom stereocenters. The molecule has 1 amide bonds. The van der Waals surface area contributed by atoms with Gasteiger partial charge in [0.15, 0.2) is 0 Å². The Morgan fingerprint density at radius 2 is 2.40 bits per heavy atom.